The lowest BCUT2D eigenvalue weighted by Crippen LogP contribution is -2.43. The normalized spacial score (nSPS) is 24.2. The smallest absolute Gasteiger partial charge is 0.269 e. The molecule has 132 valence electrons. The van der Waals surface area contributed by atoms with E-state index in [1.807, 2.05) is 25.3 Å². The van der Waals surface area contributed by atoms with Crippen molar-refractivity contribution in [3.63, 3.8) is 0 Å². The topological polar surface area (TPSA) is 85.1 Å². The number of non-ortho nitro benzene ring substituents is 1. The molecule has 1 aliphatic carbocycles. The van der Waals surface area contributed by atoms with Crippen LogP contribution in [0.2, 0.25) is 0 Å². The van der Waals surface area contributed by atoms with Crippen molar-refractivity contribution < 1.29 is 19.5 Å². The number of methoxy groups -OCH3 is 1. The Morgan fingerprint density at radius 2 is 2.23 bits per heavy atom. The fraction of sp³-hybridized carbons (Fsp3) is 0.263. The van der Waals surface area contributed by atoms with Crippen molar-refractivity contribution in [1.82, 2.24) is 4.90 Å². The molecule has 0 unspecified atom stereocenters. The summed E-state index contributed by atoms with van der Waals surface area (Å²) in [7, 11) is 1.51. The van der Waals surface area contributed by atoms with Crippen LogP contribution >= 0.6 is 0 Å². The second-order valence-electron chi connectivity index (χ2n) is 6.90. The van der Waals surface area contributed by atoms with Crippen LogP contribution in [-0.2, 0) is 10.3 Å². The summed E-state index contributed by atoms with van der Waals surface area (Å²) in [4.78, 5) is 12.9. The largest absolute Gasteiger partial charge is 0.504 e. The van der Waals surface area contributed by atoms with Crippen LogP contribution in [0.25, 0.3) is 17.2 Å². The Morgan fingerprint density at radius 3 is 2.96 bits per heavy atom. The SMILES string of the molecule is COc1cc2c3c(c1O)-c1ccc([N+](=O)[O-])cc1[C@@H]1OCN(C=C2)[C@@]31C. The number of phenolic OH excluding ortho intramolecular Hbond substituents is 1. The number of hydrogen-bond donors (Lipinski definition) is 1. The fourth-order valence-corrected chi connectivity index (χ4v) is 4.51. The predicted octanol–water partition coefficient (Wildman–Crippen LogP) is 3.52. The van der Waals surface area contributed by atoms with E-state index in [0.29, 0.717) is 23.6 Å². The van der Waals surface area contributed by atoms with Gasteiger partial charge in [-0.25, -0.2) is 0 Å². The maximum absolute atomic E-state index is 11.3. The molecule has 7 nitrogen and oxygen atoms in total. The molecule has 0 spiro atoms. The van der Waals surface area contributed by atoms with Gasteiger partial charge in [0.2, 0.25) is 0 Å². The predicted molar refractivity (Wildman–Crippen MR) is 93.7 cm³/mol. The first kappa shape index (κ1) is 15.2. The highest BCUT2D eigenvalue weighted by Gasteiger charge is 2.55. The highest BCUT2D eigenvalue weighted by atomic mass is 16.6. The third-order valence-electron chi connectivity index (χ3n) is 5.74. The second kappa shape index (κ2) is 4.76. The molecule has 2 aromatic rings. The van der Waals surface area contributed by atoms with Crippen LogP contribution in [0.5, 0.6) is 11.5 Å². The Morgan fingerprint density at radius 1 is 1.42 bits per heavy atom. The third kappa shape index (κ3) is 1.61. The van der Waals surface area contributed by atoms with Crippen LogP contribution in [0.4, 0.5) is 5.69 Å². The zero-order valence-electron chi connectivity index (χ0n) is 14.2. The molecular formula is C19H16N2O5. The van der Waals surface area contributed by atoms with E-state index in [2.05, 4.69) is 4.90 Å². The number of ether oxygens (including phenoxy) is 2. The first-order valence-corrected chi connectivity index (χ1v) is 8.26. The number of nitro benzene ring substituents is 1. The molecule has 0 saturated carbocycles. The van der Waals surface area contributed by atoms with Gasteiger partial charge in [0.15, 0.2) is 11.5 Å². The molecule has 0 aromatic heterocycles. The molecule has 7 heteroatoms. The van der Waals surface area contributed by atoms with E-state index in [4.69, 9.17) is 9.47 Å². The number of nitro groups is 1. The number of rotatable bonds is 2. The van der Waals surface area contributed by atoms with Gasteiger partial charge in [0, 0.05) is 23.9 Å². The first-order valence-electron chi connectivity index (χ1n) is 8.26. The molecule has 2 aliphatic heterocycles. The lowest BCUT2D eigenvalue weighted by atomic mass is 9.69. The highest BCUT2D eigenvalue weighted by molar-refractivity contribution is 5.88. The number of phenols is 1. The van der Waals surface area contributed by atoms with Crippen LogP contribution in [0, 0.1) is 10.1 Å². The van der Waals surface area contributed by atoms with Crippen LogP contribution < -0.4 is 4.74 Å². The molecule has 1 saturated heterocycles. The molecule has 3 aliphatic rings. The molecule has 2 atom stereocenters. The van der Waals surface area contributed by atoms with E-state index in [1.54, 1.807) is 12.1 Å². The number of benzene rings is 2. The van der Waals surface area contributed by atoms with Crippen molar-refractivity contribution in [2.75, 3.05) is 13.8 Å². The third-order valence-corrected chi connectivity index (χ3v) is 5.74. The van der Waals surface area contributed by atoms with Gasteiger partial charge in [-0.2, -0.15) is 0 Å². The standard InChI is InChI=1S/C19H16N2O5/c1-19-16-10-5-6-20(19)9-26-18(19)13-8-11(21(23)24)3-4-12(13)15(16)17(22)14(7-10)25-2/h3-8,18,22H,9H2,1-2H3/t18-,19-/m0/s1. The van der Waals surface area contributed by atoms with E-state index >= 15 is 0 Å². The van der Waals surface area contributed by atoms with Gasteiger partial charge in [-0.05, 0) is 47.4 Å². The molecule has 0 bridgehead atoms. The van der Waals surface area contributed by atoms with Gasteiger partial charge in [-0.3, -0.25) is 10.1 Å². The number of aromatic hydroxyl groups is 1. The molecule has 5 rings (SSSR count). The van der Waals surface area contributed by atoms with E-state index in [-0.39, 0.29) is 17.5 Å². The zero-order valence-corrected chi connectivity index (χ0v) is 14.2. The quantitative estimate of drug-likeness (QED) is 0.657. The maximum Gasteiger partial charge on any atom is 0.269 e. The summed E-state index contributed by atoms with van der Waals surface area (Å²) in [5.74, 6) is 0.422. The van der Waals surface area contributed by atoms with E-state index < -0.39 is 10.5 Å². The molecule has 2 aromatic carbocycles. The van der Waals surface area contributed by atoms with Gasteiger partial charge < -0.3 is 19.5 Å². The monoisotopic (exact) mass is 352 g/mol. The summed E-state index contributed by atoms with van der Waals surface area (Å²) in [5, 5.41) is 22.2. The number of fused-ring (bicyclic) bond motifs is 3. The van der Waals surface area contributed by atoms with Crippen molar-refractivity contribution in [1.29, 1.82) is 0 Å². The Kier molecular flexibility index (Phi) is 2.79. The van der Waals surface area contributed by atoms with Gasteiger partial charge in [-0.1, -0.05) is 0 Å². The Labute approximate surface area is 149 Å². The number of hydrogen-bond acceptors (Lipinski definition) is 6. The van der Waals surface area contributed by atoms with E-state index in [9.17, 15) is 15.2 Å². The average molecular weight is 352 g/mol. The Bertz CT molecular complexity index is 1020. The van der Waals surface area contributed by atoms with Crippen LogP contribution in [-0.4, -0.2) is 28.8 Å². The Balaban J connectivity index is 1.92. The second-order valence-corrected chi connectivity index (χ2v) is 6.90. The minimum Gasteiger partial charge on any atom is -0.504 e. The lowest BCUT2D eigenvalue weighted by Gasteiger charge is -2.45. The van der Waals surface area contributed by atoms with Crippen LogP contribution in [0.15, 0.2) is 30.5 Å². The maximum atomic E-state index is 11.3. The van der Waals surface area contributed by atoms with Gasteiger partial charge in [0.25, 0.3) is 5.69 Å². The van der Waals surface area contributed by atoms with Gasteiger partial charge >= 0.3 is 0 Å². The molecule has 26 heavy (non-hydrogen) atoms. The van der Waals surface area contributed by atoms with Crippen LogP contribution in [0.3, 0.4) is 0 Å². The summed E-state index contributed by atoms with van der Waals surface area (Å²) in [6.45, 7) is 2.43. The lowest BCUT2D eigenvalue weighted by molar-refractivity contribution is -0.385. The van der Waals surface area contributed by atoms with Crippen molar-refractivity contribution >= 4 is 11.8 Å². The zero-order chi connectivity index (χ0) is 18.2. The van der Waals surface area contributed by atoms with Crippen LogP contribution in [0.1, 0.15) is 29.7 Å². The summed E-state index contributed by atoms with van der Waals surface area (Å²) in [6, 6.07) is 6.51. The van der Waals surface area contributed by atoms with Gasteiger partial charge in [0.1, 0.15) is 12.8 Å². The number of nitrogens with zero attached hydrogens (tertiary/aromatic N) is 2. The molecular weight excluding hydrogens is 336 g/mol. The van der Waals surface area contributed by atoms with Gasteiger partial charge in [0.05, 0.1) is 17.6 Å². The van der Waals surface area contributed by atoms with E-state index in [0.717, 1.165) is 16.7 Å². The van der Waals surface area contributed by atoms with E-state index in [1.165, 1.54) is 13.2 Å². The fourth-order valence-electron chi connectivity index (χ4n) is 4.51. The summed E-state index contributed by atoms with van der Waals surface area (Å²) < 4.78 is 11.4. The highest BCUT2D eigenvalue weighted by Crippen LogP contribution is 2.61. The summed E-state index contributed by atoms with van der Waals surface area (Å²) >= 11 is 0. The molecule has 1 N–H and O–H groups in total. The molecule has 0 amide bonds. The molecule has 0 radical (unpaired) electrons. The Hall–Kier alpha value is -3.06. The van der Waals surface area contributed by atoms with Crippen molar-refractivity contribution in [3.8, 4) is 22.6 Å². The average Bonchev–Trinajstić information content (AvgIpc) is 2.98. The molecule has 2 heterocycles. The van der Waals surface area contributed by atoms with Crippen molar-refractivity contribution in [3.05, 3.63) is 57.3 Å². The summed E-state index contributed by atoms with van der Waals surface area (Å²) in [6.07, 6.45) is 3.58. The van der Waals surface area contributed by atoms with Crippen molar-refractivity contribution in [2.45, 2.75) is 18.6 Å². The van der Waals surface area contributed by atoms with Gasteiger partial charge in [-0.15, -0.1) is 0 Å². The first-order chi connectivity index (χ1) is 12.5. The van der Waals surface area contributed by atoms with Crippen molar-refractivity contribution in [2.24, 2.45) is 0 Å². The summed E-state index contributed by atoms with van der Waals surface area (Å²) in [5.41, 5.74) is 3.47. The molecule has 1 fully saturated rings. The minimum atomic E-state index is -0.550. The minimum absolute atomic E-state index is 0.00631.